The van der Waals surface area contributed by atoms with Crippen LogP contribution in [0.1, 0.15) is 16.1 Å². The van der Waals surface area contributed by atoms with Crippen molar-refractivity contribution in [3.05, 3.63) is 41.5 Å². The molecule has 8 nitrogen and oxygen atoms in total. The number of carbonyl (C=O) groups excluding carboxylic acids is 1. The molecule has 0 unspecified atom stereocenters. The SMILES string of the molecule is N#Cc1c(F)cccc1NC(=O)Cn1cc(C(=O)O)nn1. The smallest absolute Gasteiger partial charge is 0.358 e. The Kier molecular flexibility index (Phi) is 3.90. The Bertz CT molecular complexity index is 750. The van der Waals surface area contributed by atoms with Gasteiger partial charge in [0.2, 0.25) is 5.91 Å². The van der Waals surface area contributed by atoms with E-state index in [1.165, 1.54) is 12.1 Å². The van der Waals surface area contributed by atoms with E-state index in [4.69, 9.17) is 10.4 Å². The number of aromatic carboxylic acids is 1. The third kappa shape index (κ3) is 3.19. The van der Waals surface area contributed by atoms with Crippen molar-refractivity contribution in [2.24, 2.45) is 0 Å². The fourth-order valence-electron chi connectivity index (χ4n) is 1.55. The lowest BCUT2D eigenvalue weighted by atomic mass is 10.2. The summed E-state index contributed by atoms with van der Waals surface area (Å²) in [5.74, 6) is -2.61. The fraction of sp³-hybridized carbons (Fsp3) is 0.0833. The summed E-state index contributed by atoms with van der Waals surface area (Å²) < 4.78 is 14.4. The number of halogens is 1. The molecule has 2 N–H and O–H groups in total. The molecule has 0 aliphatic rings. The Morgan fingerprint density at radius 1 is 1.48 bits per heavy atom. The molecule has 2 rings (SSSR count). The minimum atomic E-state index is -1.27. The van der Waals surface area contributed by atoms with Gasteiger partial charge in [-0.25, -0.2) is 13.9 Å². The van der Waals surface area contributed by atoms with Gasteiger partial charge in [0.1, 0.15) is 24.0 Å². The molecule has 0 fully saturated rings. The van der Waals surface area contributed by atoms with Crippen LogP contribution in [0.5, 0.6) is 0 Å². The molecule has 0 aliphatic carbocycles. The van der Waals surface area contributed by atoms with Crippen molar-refractivity contribution in [1.82, 2.24) is 15.0 Å². The van der Waals surface area contributed by atoms with Gasteiger partial charge < -0.3 is 10.4 Å². The van der Waals surface area contributed by atoms with Crippen molar-refractivity contribution >= 4 is 17.6 Å². The molecule has 0 saturated heterocycles. The first-order valence-corrected chi connectivity index (χ1v) is 5.63. The molecule has 0 spiro atoms. The number of nitriles is 1. The van der Waals surface area contributed by atoms with Crippen LogP contribution in [0.2, 0.25) is 0 Å². The fourth-order valence-corrected chi connectivity index (χ4v) is 1.55. The highest BCUT2D eigenvalue weighted by molar-refractivity contribution is 5.92. The summed E-state index contributed by atoms with van der Waals surface area (Å²) in [6, 6.07) is 5.48. The minimum absolute atomic E-state index is 0.0288. The number of hydrogen-bond acceptors (Lipinski definition) is 5. The van der Waals surface area contributed by atoms with Gasteiger partial charge in [0.05, 0.1) is 11.9 Å². The second-order valence-electron chi connectivity index (χ2n) is 3.93. The Hall–Kier alpha value is -3.28. The molecule has 2 aromatic rings. The molecule has 0 aliphatic heterocycles. The Balaban J connectivity index is 2.10. The summed E-state index contributed by atoms with van der Waals surface area (Å²) in [7, 11) is 0. The van der Waals surface area contributed by atoms with Gasteiger partial charge in [0.25, 0.3) is 0 Å². The van der Waals surface area contributed by atoms with Crippen LogP contribution in [-0.2, 0) is 11.3 Å². The molecule has 1 aromatic heterocycles. The first kappa shape index (κ1) is 14.1. The summed E-state index contributed by atoms with van der Waals surface area (Å²) in [4.78, 5) is 22.4. The Morgan fingerprint density at radius 3 is 2.86 bits per heavy atom. The van der Waals surface area contributed by atoms with Crippen molar-refractivity contribution in [3.63, 3.8) is 0 Å². The van der Waals surface area contributed by atoms with Gasteiger partial charge in [-0.05, 0) is 12.1 Å². The minimum Gasteiger partial charge on any atom is -0.476 e. The molecule has 0 radical (unpaired) electrons. The van der Waals surface area contributed by atoms with E-state index in [2.05, 4.69) is 15.6 Å². The highest BCUT2D eigenvalue weighted by Gasteiger charge is 2.13. The third-order valence-electron chi connectivity index (χ3n) is 2.46. The molecule has 0 bridgehead atoms. The van der Waals surface area contributed by atoms with Crippen molar-refractivity contribution in [3.8, 4) is 6.07 Å². The predicted octanol–water partition coefficient (Wildman–Crippen LogP) is 0.626. The number of benzene rings is 1. The number of carboxylic acids is 1. The first-order chi connectivity index (χ1) is 10.0. The maximum absolute atomic E-state index is 13.4. The quantitative estimate of drug-likeness (QED) is 0.851. The topological polar surface area (TPSA) is 121 Å². The normalized spacial score (nSPS) is 9.90. The lowest BCUT2D eigenvalue weighted by Gasteiger charge is -2.07. The van der Waals surface area contributed by atoms with Crippen LogP contribution in [0.3, 0.4) is 0 Å². The molecular weight excluding hydrogens is 281 g/mol. The van der Waals surface area contributed by atoms with Gasteiger partial charge in [-0.3, -0.25) is 4.79 Å². The van der Waals surface area contributed by atoms with Gasteiger partial charge in [-0.15, -0.1) is 5.10 Å². The number of nitrogens with zero attached hydrogens (tertiary/aromatic N) is 4. The van der Waals surface area contributed by atoms with E-state index in [9.17, 15) is 14.0 Å². The third-order valence-corrected chi connectivity index (χ3v) is 2.46. The summed E-state index contributed by atoms with van der Waals surface area (Å²) >= 11 is 0. The molecule has 1 amide bonds. The zero-order chi connectivity index (χ0) is 15.4. The summed E-state index contributed by atoms with van der Waals surface area (Å²) in [6.07, 6.45) is 1.08. The number of aromatic nitrogens is 3. The van der Waals surface area contributed by atoms with Crippen LogP contribution in [0.15, 0.2) is 24.4 Å². The van der Waals surface area contributed by atoms with E-state index < -0.39 is 17.7 Å². The zero-order valence-electron chi connectivity index (χ0n) is 10.4. The lowest BCUT2D eigenvalue weighted by molar-refractivity contribution is -0.116. The van der Waals surface area contributed by atoms with Gasteiger partial charge >= 0.3 is 5.97 Å². The molecule has 106 valence electrons. The summed E-state index contributed by atoms with van der Waals surface area (Å²) in [6.45, 7) is -0.318. The van der Waals surface area contributed by atoms with E-state index in [1.54, 1.807) is 6.07 Å². The number of nitrogens with one attached hydrogen (secondary N) is 1. The van der Waals surface area contributed by atoms with E-state index in [-0.39, 0.29) is 23.5 Å². The number of rotatable bonds is 4. The predicted molar refractivity (Wildman–Crippen MR) is 66.7 cm³/mol. The second-order valence-corrected chi connectivity index (χ2v) is 3.93. The van der Waals surface area contributed by atoms with Crippen molar-refractivity contribution in [2.45, 2.75) is 6.54 Å². The Morgan fingerprint density at radius 2 is 2.24 bits per heavy atom. The average molecular weight is 289 g/mol. The highest BCUT2D eigenvalue weighted by Crippen LogP contribution is 2.17. The van der Waals surface area contributed by atoms with E-state index >= 15 is 0 Å². The number of amides is 1. The maximum Gasteiger partial charge on any atom is 0.358 e. The first-order valence-electron chi connectivity index (χ1n) is 5.63. The van der Waals surface area contributed by atoms with Gasteiger partial charge in [0.15, 0.2) is 5.69 Å². The Labute approximate surface area is 117 Å². The summed E-state index contributed by atoms with van der Waals surface area (Å²) in [5.41, 5.74) is -0.553. The standard InChI is InChI=1S/C12H8FN5O3/c13-8-2-1-3-9(7(8)4-14)15-11(19)6-18-5-10(12(20)21)16-17-18/h1-3,5H,6H2,(H,15,19)(H,20,21). The largest absolute Gasteiger partial charge is 0.476 e. The molecule has 1 heterocycles. The molecule has 0 atom stereocenters. The van der Waals surface area contributed by atoms with Gasteiger partial charge in [-0.1, -0.05) is 11.3 Å². The van der Waals surface area contributed by atoms with Gasteiger partial charge in [-0.2, -0.15) is 5.26 Å². The van der Waals surface area contributed by atoms with Crippen molar-refractivity contribution < 1.29 is 19.1 Å². The monoisotopic (exact) mass is 289 g/mol. The summed E-state index contributed by atoms with van der Waals surface area (Å²) in [5, 5.41) is 26.7. The van der Waals surface area contributed by atoms with Crippen molar-refractivity contribution in [1.29, 1.82) is 5.26 Å². The number of anilines is 1. The van der Waals surface area contributed by atoms with E-state index in [1.807, 2.05) is 0 Å². The molecule has 1 aromatic carbocycles. The molecule has 0 saturated carbocycles. The van der Waals surface area contributed by atoms with Crippen LogP contribution in [-0.4, -0.2) is 32.0 Å². The maximum atomic E-state index is 13.4. The molecule has 21 heavy (non-hydrogen) atoms. The van der Waals surface area contributed by atoms with E-state index in [0.29, 0.717) is 0 Å². The van der Waals surface area contributed by atoms with Crippen LogP contribution in [0.4, 0.5) is 10.1 Å². The number of carboxylic acid groups (broad SMARTS) is 1. The molecular formula is C12H8FN5O3. The molecule has 9 heteroatoms. The average Bonchev–Trinajstić information content (AvgIpc) is 2.87. The number of carbonyl (C=O) groups is 2. The van der Waals surface area contributed by atoms with Crippen LogP contribution in [0, 0.1) is 17.1 Å². The van der Waals surface area contributed by atoms with Crippen LogP contribution >= 0.6 is 0 Å². The number of hydrogen-bond donors (Lipinski definition) is 2. The lowest BCUT2D eigenvalue weighted by Crippen LogP contribution is -2.20. The van der Waals surface area contributed by atoms with Crippen LogP contribution in [0.25, 0.3) is 0 Å². The van der Waals surface area contributed by atoms with E-state index in [0.717, 1.165) is 16.9 Å². The second kappa shape index (κ2) is 5.79. The zero-order valence-corrected chi connectivity index (χ0v) is 10.4. The van der Waals surface area contributed by atoms with Gasteiger partial charge in [0, 0.05) is 0 Å². The van der Waals surface area contributed by atoms with Crippen LogP contribution < -0.4 is 5.32 Å². The van der Waals surface area contributed by atoms with Crippen molar-refractivity contribution in [2.75, 3.05) is 5.32 Å². The highest BCUT2D eigenvalue weighted by atomic mass is 19.1.